The third-order valence-corrected chi connectivity index (χ3v) is 11.2. The molecular formula is C55H46N2. The Morgan fingerprint density at radius 1 is 0.649 bits per heavy atom. The summed E-state index contributed by atoms with van der Waals surface area (Å²) in [7, 11) is 0. The van der Waals surface area contributed by atoms with Crippen LogP contribution in [0.15, 0.2) is 223 Å². The van der Waals surface area contributed by atoms with Crippen molar-refractivity contribution in [2.45, 2.75) is 25.3 Å². The molecule has 3 aliphatic rings. The van der Waals surface area contributed by atoms with Gasteiger partial charge in [-0.2, -0.15) is 0 Å². The molecular weight excluding hydrogens is 689 g/mol. The molecule has 276 valence electrons. The van der Waals surface area contributed by atoms with Gasteiger partial charge in [-0.15, -0.1) is 0 Å². The summed E-state index contributed by atoms with van der Waals surface area (Å²) in [5, 5.41) is 11.4. The van der Waals surface area contributed by atoms with Crippen molar-refractivity contribution in [2.75, 3.05) is 4.90 Å². The summed E-state index contributed by atoms with van der Waals surface area (Å²) in [5.74, 6) is 0.651. The number of benzene rings is 6. The van der Waals surface area contributed by atoms with Gasteiger partial charge in [-0.05, 0) is 105 Å². The summed E-state index contributed by atoms with van der Waals surface area (Å²) in [5.41, 5.74) is 8.37. The fraction of sp³-hybridized carbons (Fsp3) is 0.0909. The average Bonchev–Trinajstić information content (AvgIpc) is 3.26. The minimum atomic E-state index is 0.145. The van der Waals surface area contributed by atoms with Crippen molar-refractivity contribution < 1.29 is 0 Å². The Labute approximate surface area is 336 Å². The number of fused-ring (bicyclic) bond motifs is 4. The average molecular weight is 735 g/mol. The Balaban J connectivity index is 0.959. The SMILES string of the molecule is C\C=C/C(=C\C=C\C=C\c1ccc(C2C=c3ccccc3=CC2NC2=CC3CC=CC=C3C=C2)cc1)N(c1ccc2ccccc2c1)c1ccc2ccccc2c1. The van der Waals surface area contributed by atoms with Crippen molar-refractivity contribution in [2.24, 2.45) is 5.92 Å². The number of anilines is 2. The van der Waals surface area contributed by atoms with E-state index in [1.165, 1.54) is 54.4 Å². The van der Waals surface area contributed by atoms with Crippen molar-refractivity contribution in [3.63, 3.8) is 0 Å². The lowest BCUT2D eigenvalue weighted by atomic mass is 9.84. The number of nitrogens with zero attached hydrogens (tertiary/aromatic N) is 1. The molecule has 3 unspecified atom stereocenters. The van der Waals surface area contributed by atoms with Crippen LogP contribution in [0.5, 0.6) is 0 Å². The first-order valence-electron chi connectivity index (χ1n) is 20.1. The summed E-state index contributed by atoms with van der Waals surface area (Å²) in [6, 6.07) is 48.4. The molecule has 0 aromatic heterocycles. The number of hydrogen-bond acceptors (Lipinski definition) is 2. The number of nitrogens with one attached hydrogen (secondary N) is 1. The van der Waals surface area contributed by atoms with Gasteiger partial charge in [-0.25, -0.2) is 0 Å². The maximum atomic E-state index is 3.90. The lowest BCUT2D eigenvalue weighted by Crippen LogP contribution is -2.41. The van der Waals surface area contributed by atoms with E-state index in [-0.39, 0.29) is 12.0 Å². The van der Waals surface area contributed by atoms with Crippen molar-refractivity contribution >= 4 is 51.1 Å². The second-order valence-corrected chi connectivity index (χ2v) is 15.0. The van der Waals surface area contributed by atoms with E-state index in [0.717, 1.165) is 23.5 Å². The van der Waals surface area contributed by atoms with Crippen LogP contribution in [0.3, 0.4) is 0 Å². The molecule has 57 heavy (non-hydrogen) atoms. The first kappa shape index (κ1) is 35.8. The van der Waals surface area contributed by atoms with Gasteiger partial charge in [-0.3, -0.25) is 0 Å². The third-order valence-electron chi connectivity index (χ3n) is 11.2. The fourth-order valence-corrected chi connectivity index (χ4v) is 8.27. The summed E-state index contributed by atoms with van der Waals surface area (Å²) < 4.78 is 0. The normalized spacial score (nSPS) is 19.0. The number of hydrogen-bond donors (Lipinski definition) is 1. The molecule has 0 amide bonds. The molecule has 0 saturated carbocycles. The fourth-order valence-electron chi connectivity index (χ4n) is 8.27. The maximum absolute atomic E-state index is 3.90. The standard InChI is InChI=1S/C55H46N2/c1-2-14-51(57(52-33-30-42-17-7-10-20-46(42)36-52)53-34-31-43-18-8-11-21-47(43)37-53)24-5-3-4-15-40-25-27-44(28-26-40)54-38-48-22-12-13-23-49(48)39-55(54)56-50-32-29-41-16-6-9-19-45(41)35-50/h2-18,20-39,45,54-56H,19H2,1H3/b5-3+,14-2-,15-4+,51-24+. The second kappa shape index (κ2) is 16.5. The second-order valence-electron chi connectivity index (χ2n) is 15.0. The highest BCUT2D eigenvalue weighted by atomic mass is 15.1. The Morgan fingerprint density at radius 2 is 1.32 bits per heavy atom. The first-order chi connectivity index (χ1) is 28.2. The van der Waals surface area contributed by atoms with Gasteiger partial charge in [0.1, 0.15) is 0 Å². The zero-order chi connectivity index (χ0) is 38.4. The van der Waals surface area contributed by atoms with Gasteiger partial charge in [0, 0.05) is 34.6 Å². The smallest absolute Gasteiger partial charge is 0.0556 e. The molecule has 0 fully saturated rings. The molecule has 6 aromatic rings. The van der Waals surface area contributed by atoms with Gasteiger partial charge in [0.25, 0.3) is 0 Å². The predicted molar refractivity (Wildman–Crippen MR) is 244 cm³/mol. The van der Waals surface area contributed by atoms with Crippen LogP contribution in [-0.2, 0) is 0 Å². The van der Waals surface area contributed by atoms with Gasteiger partial charge in [0.05, 0.1) is 6.04 Å². The number of rotatable bonds is 10. The minimum absolute atomic E-state index is 0.145. The van der Waals surface area contributed by atoms with Gasteiger partial charge in [-0.1, -0.05) is 182 Å². The summed E-state index contributed by atoms with van der Waals surface area (Å²) in [6.45, 7) is 2.08. The van der Waals surface area contributed by atoms with Crippen molar-refractivity contribution in [3.05, 3.63) is 245 Å². The quantitative estimate of drug-likeness (QED) is 0.141. The van der Waals surface area contributed by atoms with E-state index in [2.05, 4.69) is 242 Å². The third kappa shape index (κ3) is 7.94. The van der Waals surface area contributed by atoms with Gasteiger partial charge in [0.2, 0.25) is 0 Å². The summed E-state index contributed by atoms with van der Waals surface area (Å²) in [4.78, 5) is 2.34. The van der Waals surface area contributed by atoms with E-state index < -0.39 is 0 Å². The van der Waals surface area contributed by atoms with Gasteiger partial charge in [0.15, 0.2) is 0 Å². The molecule has 6 aromatic carbocycles. The topological polar surface area (TPSA) is 15.3 Å². The zero-order valence-corrected chi connectivity index (χ0v) is 32.2. The van der Waals surface area contributed by atoms with E-state index >= 15 is 0 Å². The Morgan fingerprint density at radius 3 is 2.02 bits per heavy atom. The zero-order valence-electron chi connectivity index (χ0n) is 32.2. The lowest BCUT2D eigenvalue weighted by molar-refractivity contribution is 0.644. The molecule has 9 rings (SSSR count). The van der Waals surface area contributed by atoms with E-state index in [1.807, 2.05) is 0 Å². The molecule has 0 saturated heterocycles. The van der Waals surface area contributed by atoms with E-state index in [4.69, 9.17) is 0 Å². The van der Waals surface area contributed by atoms with Gasteiger partial charge >= 0.3 is 0 Å². The highest BCUT2D eigenvalue weighted by molar-refractivity contribution is 5.91. The van der Waals surface area contributed by atoms with Crippen molar-refractivity contribution in [1.29, 1.82) is 0 Å². The highest BCUT2D eigenvalue weighted by Crippen LogP contribution is 2.35. The van der Waals surface area contributed by atoms with E-state index in [0.29, 0.717) is 5.92 Å². The van der Waals surface area contributed by atoms with Crippen molar-refractivity contribution in [3.8, 4) is 0 Å². The Hall–Kier alpha value is -6.90. The highest BCUT2D eigenvalue weighted by Gasteiger charge is 2.24. The molecule has 2 nitrogen and oxygen atoms in total. The van der Waals surface area contributed by atoms with E-state index in [9.17, 15) is 0 Å². The van der Waals surface area contributed by atoms with Crippen LogP contribution < -0.4 is 20.7 Å². The van der Waals surface area contributed by atoms with Crippen LogP contribution in [0, 0.1) is 5.92 Å². The largest absolute Gasteiger partial charge is 0.378 e. The summed E-state index contributed by atoms with van der Waals surface area (Å²) >= 11 is 0. The van der Waals surface area contributed by atoms with Crippen LogP contribution in [0.25, 0.3) is 39.8 Å². The predicted octanol–water partition coefficient (Wildman–Crippen LogP) is 12.1. The number of allylic oxidation sites excluding steroid dienone is 13. The molecule has 0 spiro atoms. The molecule has 3 atom stereocenters. The first-order valence-corrected chi connectivity index (χ1v) is 20.1. The molecule has 0 bridgehead atoms. The van der Waals surface area contributed by atoms with Crippen LogP contribution in [0.2, 0.25) is 0 Å². The van der Waals surface area contributed by atoms with Crippen LogP contribution in [0.1, 0.15) is 30.4 Å². The molecule has 2 heteroatoms. The Bertz CT molecular complexity index is 2740. The Kier molecular flexibility index (Phi) is 10.3. The molecule has 0 radical (unpaired) electrons. The van der Waals surface area contributed by atoms with E-state index in [1.54, 1.807) is 0 Å². The maximum Gasteiger partial charge on any atom is 0.0556 e. The van der Waals surface area contributed by atoms with Crippen LogP contribution in [-0.4, -0.2) is 6.04 Å². The minimum Gasteiger partial charge on any atom is -0.378 e. The van der Waals surface area contributed by atoms with Crippen LogP contribution in [0.4, 0.5) is 11.4 Å². The van der Waals surface area contributed by atoms with Crippen molar-refractivity contribution in [1.82, 2.24) is 5.32 Å². The summed E-state index contributed by atoms with van der Waals surface area (Å²) in [6.07, 6.45) is 34.5. The monoisotopic (exact) mass is 734 g/mol. The van der Waals surface area contributed by atoms with Crippen LogP contribution >= 0.6 is 0 Å². The van der Waals surface area contributed by atoms with Gasteiger partial charge < -0.3 is 10.2 Å². The lowest BCUT2D eigenvalue weighted by Gasteiger charge is -2.30. The molecule has 3 aliphatic carbocycles. The molecule has 0 aliphatic heterocycles. The molecule has 1 N–H and O–H groups in total. The molecule has 0 heterocycles.